The van der Waals surface area contributed by atoms with E-state index in [9.17, 15) is 18.0 Å². The smallest absolute Gasteiger partial charge is 0.433 e. The maximum atomic E-state index is 13.0. The van der Waals surface area contributed by atoms with Crippen molar-refractivity contribution in [2.45, 2.75) is 32.5 Å². The molecule has 29 heavy (non-hydrogen) atoms. The summed E-state index contributed by atoms with van der Waals surface area (Å²) < 4.78 is 54.2. The number of carbonyl (C=O) groups excluding carboxylic acids is 1. The Morgan fingerprint density at radius 3 is 2.34 bits per heavy atom. The molecule has 158 valence electrons. The lowest BCUT2D eigenvalue weighted by atomic mass is 10.1. The SMILES string of the molecule is C=C.CCCOc1nc(OCc2ccccc2CC(=O)OC)cc(C(F)(F)F)n1. The van der Waals surface area contributed by atoms with Crippen LogP contribution in [-0.2, 0) is 28.7 Å². The summed E-state index contributed by atoms with van der Waals surface area (Å²) in [6.07, 6.45) is -4.04. The lowest BCUT2D eigenvalue weighted by molar-refractivity contribution is -0.142. The van der Waals surface area contributed by atoms with E-state index in [0.717, 1.165) is 0 Å². The number of nitrogens with zero attached hydrogens (tertiary/aromatic N) is 2. The van der Waals surface area contributed by atoms with Crippen LogP contribution >= 0.6 is 0 Å². The van der Waals surface area contributed by atoms with E-state index in [1.807, 2.05) is 6.92 Å². The summed E-state index contributed by atoms with van der Waals surface area (Å²) in [5.74, 6) is -0.699. The summed E-state index contributed by atoms with van der Waals surface area (Å²) in [7, 11) is 1.28. The highest BCUT2D eigenvalue weighted by atomic mass is 19.4. The van der Waals surface area contributed by atoms with Crippen molar-refractivity contribution < 1.29 is 32.2 Å². The lowest BCUT2D eigenvalue weighted by Crippen LogP contribution is -2.12. The van der Waals surface area contributed by atoms with E-state index in [1.165, 1.54) is 7.11 Å². The molecule has 0 fully saturated rings. The molecule has 0 aliphatic rings. The number of esters is 1. The van der Waals surface area contributed by atoms with Gasteiger partial charge in [0.25, 0.3) is 0 Å². The molecule has 0 radical (unpaired) electrons. The molecule has 1 aromatic carbocycles. The van der Waals surface area contributed by atoms with Crippen molar-refractivity contribution in [1.82, 2.24) is 9.97 Å². The van der Waals surface area contributed by atoms with Crippen LogP contribution in [0.1, 0.15) is 30.2 Å². The fourth-order valence-electron chi connectivity index (χ4n) is 2.13. The van der Waals surface area contributed by atoms with Crippen LogP contribution in [0.2, 0.25) is 0 Å². The van der Waals surface area contributed by atoms with E-state index in [4.69, 9.17) is 9.47 Å². The van der Waals surface area contributed by atoms with E-state index >= 15 is 0 Å². The van der Waals surface area contributed by atoms with Crippen LogP contribution in [0.3, 0.4) is 0 Å². The number of carbonyl (C=O) groups is 1. The van der Waals surface area contributed by atoms with Gasteiger partial charge in [-0.05, 0) is 17.5 Å². The summed E-state index contributed by atoms with van der Waals surface area (Å²) >= 11 is 0. The standard InChI is InChI=1S/C18H19F3N2O4.C2H4/c1-3-8-26-17-22-14(18(19,20)21)10-15(23-17)27-11-13-7-5-4-6-12(13)9-16(24)25-2;1-2/h4-7,10H,3,8-9,11H2,1-2H3;1-2H2. The highest BCUT2D eigenvalue weighted by molar-refractivity contribution is 5.72. The van der Waals surface area contributed by atoms with Crippen LogP contribution in [0.5, 0.6) is 11.9 Å². The van der Waals surface area contributed by atoms with Gasteiger partial charge in [-0.3, -0.25) is 4.79 Å². The van der Waals surface area contributed by atoms with Crippen molar-refractivity contribution in [1.29, 1.82) is 0 Å². The number of ether oxygens (including phenoxy) is 3. The van der Waals surface area contributed by atoms with Crippen LogP contribution in [-0.4, -0.2) is 29.7 Å². The van der Waals surface area contributed by atoms with Gasteiger partial charge < -0.3 is 14.2 Å². The highest BCUT2D eigenvalue weighted by Gasteiger charge is 2.34. The molecule has 2 aromatic rings. The number of aromatic nitrogens is 2. The van der Waals surface area contributed by atoms with Crippen LogP contribution in [0.4, 0.5) is 13.2 Å². The lowest BCUT2D eigenvalue weighted by Gasteiger charge is -2.13. The Morgan fingerprint density at radius 1 is 1.10 bits per heavy atom. The van der Waals surface area contributed by atoms with E-state index < -0.39 is 23.8 Å². The summed E-state index contributed by atoms with van der Waals surface area (Å²) in [6, 6.07) is 7.21. The molecule has 0 aliphatic heterocycles. The molecule has 2 rings (SSSR count). The third kappa shape index (κ3) is 7.81. The van der Waals surface area contributed by atoms with Gasteiger partial charge in [0.2, 0.25) is 5.88 Å². The minimum Gasteiger partial charge on any atom is -0.473 e. The van der Waals surface area contributed by atoms with Crippen LogP contribution in [0.25, 0.3) is 0 Å². The first-order valence-electron chi connectivity index (χ1n) is 8.69. The van der Waals surface area contributed by atoms with Crippen LogP contribution in [0.15, 0.2) is 43.5 Å². The summed E-state index contributed by atoms with van der Waals surface area (Å²) in [6.45, 7) is 7.92. The van der Waals surface area contributed by atoms with Crippen LogP contribution < -0.4 is 9.47 Å². The summed E-state index contributed by atoms with van der Waals surface area (Å²) in [5.41, 5.74) is 0.129. The van der Waals surface area contributed by atoms with Gasteiger partial charge in [-0.25, -0.2) is 0 Å². The van der Waals surface area contributed by atoms with E-state index in [2.05, 4.69) is 27.9 Å². The Bertz CT molecular complexity index is 798. The Labute approximate surface area is 167 Å². The number of halogens is 3. The average Bonchev–Trinajstić information content (AvgIpc) is 2.72. The molecule has 0 spiro atoms. The number of hydrogen-bond acceptors (Lipinski definition) is 6. The van der Waals surface area contributed by atoms with Crippen molar-refractivity contribution in [2.75, 3.05) is 13.7 Å². The van der Waals surface area contributed by atoms with Crippen molar-refractivity contribution in [2.24, 2.45) is 0 Å². The minimum atomic E-state index is -4.66. The molecule has 0 saturated heterocycles. The molecular formula is C20H23F3N2O4. The van der Waals surface area contributed by atoms with E-state index in [1.54, 1.807) is 24.3 Å². The third-order valence-corrected chi connectivity index (χ3v) is 3.46. The van der Waals surface area contributed by atoms with Gasteiger partial charge in [0.05, 0.1) is 20.1 Å². The Balaban J connectivity index is 0.00000204. The predicted octanol–water partition coefficient (Wildman–Crippen LogP) is 4.38. The van der Waals surface area contributed by atoms with Gasteiger partial charge >= 0.3 is 18.2 Å². The van der Waals surface area contributed by atoms with Crippen molar-refractivity contribution in [3.05, 3.63) is 60.3 Å². The third-order valence-electron chi connectivity index (χ3n) is 3.46. The second-order valence-electron chi connectivity index (χ2n) is 5.53. The molecular weight excluding hydrogens is 389 g/mol. The maximum Gasteiger partial charge on any atom is 0.433 e. The monoisotopic (exact) mass is 412 g/mol. The van der Waals surface area contributed by atoms with Gasteiger partial charge in [-0.15, -0.1) is 13.2 Å². The van der Waals surface area contributed by atoms with Crippen molar-refractivity contribution in [3.8, 4) is 11.9 Å². The predicted molar refractivity (Wildman–Crippen MR) is 101 cm³/mol. The van der Waals surface area contributed by atoms with Crippen molar-refractivity contribution >= 4 is 5.97 Å². The fourth-order valence-corrected chi connectivity index (χ4v) is 2.13. The maximum absolute atomic E-state index is 13.0. The van der Waals surface area contributed by atoms with Crippen LogP contribution in [0, 0.1) is 0 Å². The normalized spacial score (nSPS) is 10.5. The van der Waals surface area contributed by atoms with Gasteiger partial charge in [-0.1, -0.05) is 31.2 Å². The van der Waals surface area contributed by atoms with E-state index in [0.29, 0.717) is 23.6 Å². The molecule has 1 heterocycles. The second-order valence-corrected chi connectivity index (χ2v) is 5.53. The summed E-state index contributed by atoms with van der Waals surface area (Å²) in [5, 5.41) is 0. The van der Waals surface area contributed by atoms with Crippen molar-refractivity contribution in [3.63, 3.8) is 0 Å². The number of benzene rings is 1. The highest BCUT2D eigenvalue weighted by Crippen LogP contribution is 2.31. The zero-order valence-electron chi connectivity index (χ0n) is 16.3. The molecule has 0 atom stereocenters. The molecule has 0 unspecified atom stereocenters. The molecule has 6 nitrogen and oxygen atoms in total. The Kier molecular flexibility index (Phi) is 9.64. The fraction of sp³-hybridized carbons (Fsp3) is 0.350. The first-order valence-corrected chi connectivity index (χ1v) is 8.69. The topological polar surface area (TPSA) is 70.5 Å². The minimum absolute atomic E-state index is 0.0263. The van der Waals surface area contributed by atoms with Gasteiger partial charge in [0.1, 0.15) is 6.61 Å². The molecule has 0 aliphatic carbocycles. The first kappa shape index (κ1) is 23.9. The molecule has 0 saturated carbocycles. The molecule has 1 aromatic heterocycles. The van der Waals surface area contributed by atoms with Gasteiger partial charge in [0, 0.05) is 6.07 Å². The average molecular weight is 412 g/mol. The zero-order valence-corrected chi connectivity index (χ0v) is 16.3. The van der Waals surface area contributed by atoms with Gasteiger partial charge in [0.15, 0.2) is 5.69 Å². The Hall–Kier alpha value is -3.10. The van der Waals surface area contributed by atoms with E-state index in [-0.39, 0.29) is 25.5 Å². The first-order chi connectivity index (χ1) is 13.8. The quantitative estimate of drug-likeness (QED) is 0.473. The Morgan fingerprint density at radius 2 is 1.76 bits per heavy atom. The number of rotatable bonds is 8. The summed E-state index contributed by atoms with van der Waals surface area (Å²) in [4.78, 5) is 18.7. The molecule has 0 bridgehead atoms. The number of hydrogen-bond donors (Lipinski definition) is 0. The molecule has 9 heteroatoms. The second kappa shape index (κ2) is 11.7. The zero-order chi connectivity index (χ0) is 21.9. The van der Waals surface area contributed by atoms with Gasteiger partial charge in [-0.2, -0.15) is 23.1 Å². The number of alkyl halides is 3. The molecule has 0 N–H and O–H groups in total. The molecule has 0 amide bonds. The number of methoxy groups -OCH3 is 1. The largest absolute Gasteiger partial charge is 0.473 e.